The zero-order chi connectivity index (χ0) is 8.85. The molecular formula is C8H19N3. The van der Waals surface area contributed by atoms with Gasteiger partial charge in [-0.1, -0.05) is 13.8 Å². The first kappa shape index (κ1) is 10.4. The molecule has 0 rings (SSSR count). The molecule has 66 valence electrons. The fourth-order valence-electron chi connectivity index (χ4n) is 0.562. The van der Waals surface area contributed by atoms with Crippen LogP contribution in [0.25, 0.3) is 0 Å². The van der Waals surface area contributed by atoms with Crippen molar-refractivity contribution >= 4 is 5.84 Å². The van der Waals surface area contributed by atoms with Crippen molar-refractivity contribution in [1.29, 1.82) is 0 Å². The van der Waals surface area contributed by atoms with Gasteiger partial charge >= 0.3 is 0 Å². The lowest BCUT2D eigenvalue weighted by Gasteiger charge is -2.08. The van der Waals surface area contributed by atoms with Gasteiger partial charge in [0.05, 0.1) is 12.4 Å². The lowest BCUT2D eigenvalue weighted by molar-refractivity contribution is 0.420. The normalized spacial score (nSPS) is 13.1. The molecule has 3 heteroatoms. The highest BCUT2D eigenvalue weighted by Gasteiger charge is 1.97. The topological polar surface area (TPSA) is 41.6 Å². The van der Waals surface area contributed by atoms with E-state index in [2.05, 4.69) is 23.7 Å². The van der Waals surface area contributed by atoms with Gasteiger partial charge in [-0.2, -0.15) is 0 Å². The minimum atomic E-state index is 0.372. The van der Waals surface area contributed by atoms with Crippen molar-refractivity contribution in [3.05, 3.63) is 0 Å². The fourth-order valence-corrected chi connectivity index (χ4v) is 0.562. The Bertz CT molecular complexity index is 127. The van der Waals surface area contributed by atoms with Crippen molar-refractivity contribution < 1.29 is 0 Å². The first-order chi connectivity index (χ1) is 5.04. The van der Waals surface area contributed by atoms with Gasteiger partial charge in [0.15, 0.2) is 0 Å². The standard InChI is InChI=1S/C8H19N3/c1-7(2)8(9)10-5-6-11(3)4/h7H,5-6H2,1-4H3,(H2,9,10). The fraction of sp³-hybridized carbons (Fsp3) is 0.875. The molecule has 0 fully saturated rings. The molecule has 0 amide bonds. The van der Waals surface area contributed by atoms with Gasteiger partial charge in [-0.15, -0.1) is 0 Å². The SMILES string of the molecule is CC(C)C(N)=NCCN(C)C. The minimum absolute atomic E-state index is 0.372. The second-order valence-corrected chi connectivity index (χ2v) is 3.26. The van der Waals surface area contributed by atoms with Gasteiger partial charge in [0.2, 0.25) is 0 Å². The van der Waals surface area contributed by atoms with Crippen molar-refractivity contribution in [2.45, 2.75) is 13.8 Å². The lowest BCUT2D eigenvalue weighted by atomic mass is 10.2. The van der Waals surface area contributed by atoms with Crippen LogP contribution in [0.5, 0.6) is 0 Å². The number of hydrogen-bond donors (Lipinski definition) is 1. The molecule has 0 radical (unpaired) electrons. The van der Waals surface area contributed by atoms with Crippen LogP contribution in [0.4, 0.5) is 0 Å². The Hall–Kier alpha value is -0.570. The van der Waals surface area contributed by atoms with Crippen molar-refractivity contribution in [3.63, 3.8) is 0 Å². The molecule has 0 aliphatic rings. The molecule has 3 nitrogen and oxygen atoms in total. The molecule has 0 heterocycles. The van der Waals surface area contributed by atoms with E-state index in [1.54, 1.807) is 0 Å². The van der Waals surface area contributed by atoms with Gasteiger partial charge in [0.25, 0.3) is 0 Å². The van der Waals surface area contributed by atoms with Gasteiger partial charge < -0.3 is 10.6 Å². The van der Waals surface area contributed by atoms with Crippen LogP contribution in [0.3, 0.4) is 0 Å². The van der Waals surface area contributed by atoms with E-state index in [1.165, 1.54) is 0 Å². The molecule has 0 saturated carbocycles. The molecule has 0 aromatic rings. The summed E-state index contributed by atoms with van der Waals surface area (Å²) >= 11 is 0. The van der Waals surface area contributed by atoms with Gasteiger partial charge in [-0.05, 0) is 14.1 Å². The van der Waals surface area contributed by atoms with Gasteiger partial charge in [0, 0.05) is 12.5 Å². The third-order valence-electron chi connectivity index (χ3n) is 1.43. The number of nitrogens with zero attached hydrogens (tertiary/aromatic N) is 2. The molecule has 0 aromatic carbocycles. The smallest absolute Gasteiger partial charge is 0.0963 e. The molecule has 0 saturated heterocycles. The Kier molecular flexibility index (Phi) is 4.86. The van der Waals surface area contributed by atoms with E-state index >= 15 is 0 Å². The van der Waals surface area contributed by atoms with Crippen LogP contribution in [0.1, 0.15) is 13.8 Å². The Morgan fingerprint density at radius 3 is 2.36 bits per heavy atom. The van der Waals surface area contributed by atoms with E-state index < -0.39 is 0 Å². The molecule has 11 heavy (non-hydrogen) atoms. The largest absolute Gasteiger partial charge is 0.387 e. The van der Waals surface area contributed by atoms with Crippen LogP contribution < -0.4 is 5.73 Å². The van der Waals surface area contributed by atoms with Crippen molar-refractivity contribution in [3.8, 4) is 0 Å². The first-order valence-electron chi connectivity index (χ1n) is 3.98. The summed E-state index contributed by atoms with van der Waals surface area (Å²) in [5, 5.41) is 0. The van der Waals surface area contributed by atoms with E-state index in [0.717, 1.165) is 18.9 Å². The quantitative estimate of drug-likeness (QED) is 0.478. The zero-order valence-corrected chi connectivity index (χ0v) is 7.96. The predicted molar refractivity (Wildman–Crippen MR) is 49.9 cm³/mol. The highest BCUT2D eigenvalue weighted by molar-refractivity contribution is 5.82. The van der Waals surface area contributed by atoms with Gasteiger partial charge in [-0.25, -0.2) is 0 Å². The summed E-state index contributed by atoms with van der Waals surface area (Å²) in [6.45, 7) is 5.87. The van der Waals surface area contributed by atoms with E-state index in [9.17, 15) is 0 Å². The van der Waals surface area contributed by atoms with Crippen molar-refractivity contribution in [2.75, 3.05) is 27.2 Å². The maximum atomic E-state index is 5.63. The summed E-state index contributed by atoms with van der Waals surface area (Å²) in [5.41, 5.74) is 5.63. The number of likely N-dealkylation sites (N-methyl/N-ethyl adjacent to an activating group) is 1. The second-order valence-electron chi connectivity index (χ2n) is 3.26. The molecule has 0 spiro atoms. The van der Waals surface area contributed by atoms with Crippen LogP contribution in [0.2, 0.25) is 0 Å². The molecule has 0 aliphatic heterocycles. The Balaban J connectivity index is 3.57. The number of aliphatic imine (C=N–C) groups is 1. The van der Waals surface area contributed by atoms with Crippen LogP contribution >= 0.6 is 0 Å². The molecule has 0 atom stereocenters. The number of amidine groups is 1. The predicted octanol–water partition coefficient (Wildman–Crippen LogP) is 0.561. The highest BCUT2D eigenvalue weighted by atomic mass is 15.1. The number of nitrogens with two attached hydrogens (primary N) is 1. The first-order valence-corrected chi connectivity index (χ1v) is 3.98. The van der Waals surface area contributed by atoms with Crippen molar-refractivity contribution in [2.24, 2.45) is 16.6 Å². The maximum Gasteiger partial charge on any atom is 0.0963 e. The van der Waals surface area contributed by atoms with E-state index in [-0.39, 0.29) is 0 Å². The maximum absolute atomic E-state index is 5.63. The summed E-state index contributed by atoms with van der Waals surface area (Å²) in [6.07, 6.45) is 0. The highest BCUT2D eigenvalue weighted by Crippen LogP contribution is 1.90. The Labute approximate surface area is 69.3 Å². The minimum Gasteiger partial charge on any atom is -0.387 e. The molecule has 0 unspecified atom stereocenters. The van der Waals surface area contributed by atoms with E-state index in [4.69, 9.17) is 5.73 Å². The second kappa shape index (κ2) is 5.13. The third kappa shape index (κ3) is 5.85. The lowest BCUT2D eigenvalue weighted by Crippen LogP contribution is -2.22. The van der Waals surface area contributed by atoms with E-state index in [0.29, 0.717) is 5.92 Å². The van der Waals surface area contributed by atoms with Crippen LogP contribution in [-0.4, -0.2) is 37.9 Å². The third-order valence-corrected chi connectivity index (χ3v) is 1.43. The van der Waals surface area contributed by atoms with Crippen LogP contribution in [-0.2, 0) is 0 Å². The molecule has 0 aliphatic carbocycles. The summed E-state index contributed by atoms with van der Waals surface area (Å²) < 4.78 is 0. The molecule has 0 bridgehead atoms. The summed E-state index contributed by atoms with van der Waals surface area (Å²) in [5.74, 6) is 1.13. The number of rotatable bonds is 4. The monoisotopic (exact) mass is 157 g/mol. The van der Waals surface area contributed by atoms with Crippen LogP contribution in [0.15, 0.2) is 4.99 Å². The Morgan fingerprint density at radius 1 is 1.45 bits per heavy atom. The number of hydrogen-bond acceptors (Lipinski definition) is 2. The molecular weight excluding hydrogens is 138 g/mol. The van der Waals surface area contributed by atoms with Crippen LogP contribution in [0, 0.1) is 5.92 Å². The van der Waals surface area contributed by atoms with Crippen molar-refractivity contribution in [1.82, 2.24) is 4.90 Å². The summed E-state index contributed by atoms with van der Waals surface area (Å²) in [4.78, 5) is 6.31. The zero-order valence-electron chi connectivity index (χ0n) is 7.96. The van der Waals surface area contributed by atoms with Gasteiger partial charge in [-0.3, -0.25) is 4.99 Å². The molecule has 2 N–H and O–H groups in total. The summed E-state index contributed by atoms with van der Waals surface area (Å²) in [7, 11) is 4.06. The Morgan fingerprint density at radius 2 is 2.00 bits per heavy atom. The average Bonchev–Trinajstić information content (AvgIpc) is 1.86. The van der Waals surface area contributed by atoms with Gasteiger partial charge in [0.1, 0.15) is 0 Å². The average molecular weight is 157 g/mol. The molecule has 0 aromatic heterocycles. The van der Waals surface area contributed by atoms with E-state index in [1.807, 2.05) is 14.1 Å². The summed E-state index contributed by atoms with van der Waals surface area (Å²) in [6, 6.07) is 0.